The van der Waals surface area contributed by atoms with Crippen LogP contribution >= 0.6 is 0 Å². The van der Waals surface area contributed by atoms with Crippen molar-refractivity contribution in [2.24, 2.45) is 0 Å². The third-order valence-electron chi connectivity index (χ3n) is 4.42. The average Bonchev–Trinajstić information content (AvgIpc) is 3.17. The van der Waals surface area contributed by atoms with Crippen molar-refractivity contribution in [1.82, 2.24) is 15.5 Å². The second-order valence-corrected chi connectivity index (χ2v) is 6.05. The van der Waals surface area contributed by atoms with Gasteiger partial charge in [-0.05, 0) is 32.1 Å². The predicted molar refractivity (Wildman–Crippen MR) is 73.0 cm³/mol. The number of amides is 1. The minimum atomic E-state index is 0.136. The summed E-state index contributed by atoms with van der Waals surface area (Å²) in [6.07, 6.45) is 5.82. The highest BCUT2D eigenvalue weighted by Crippen LogP contribution is 2.29. The van der Waals surface area contributed by atoms with E-state index in [-0.39, 0.29) is 5.91 Å². The van der Waals surface area contributed by atoms with Gasteiger partial charge in [0, 0.05) is 44.4 Å². The molecule has 1 aliphatic carbocycles. The highest BCUT2D eigenvalue weighted by Gasteiger charge is 2.34. The molecule has 0 bridgehead atoms. The van der Waals surface area contributed by atoms with E-state index in [1.807, 2.05) is 0 Å². The zero-order chi connectivity index (χ0) is 13.1. The van der Waals surface area contributed by atoms with E-state index in [4.69, 9.17) is 4.74 Å². The molecule has 1 atom stereocenters. The summed E-state index contributed by atoms with van der Waals surface area (Å²) < 4.78 is 5.29. The lowest BCUT2D eigenvalue weighted by Crippen LogP contribution is -2.45. The molecular formula is C14H25N3O2. The van der Waals surface area contributed by atoms with Crippen LogP contribution in [0, 0.1) is 0 Å². The van der Waals surface area contributed by atoms with Gasteiger partial charge in [-0.15, -0.1) is 0 Å². The number of carbonyl (C=O) groups excluding carboxylic acids is 1. The molecule has 3 rings (SSSR count). The fourth-order valence-electron chi connectivity index (χ4n) is 3.08. The van der Waals surface area contributed by atoms with Crippen LogP contribution in [0.5, 0.6) is 0 Å². The van der Waals surface area contributed by atoms with E-state index >= 15 is 0 Å². The Kier molecular flexibility index (Phi) is 4.35. The van der Waals surface area contributed by atoms with Gasteiger partial charge in [0.25, 0.3) is 0 Å². The Morgan fingerprint density at radius 1 is 1.11 bits per heavy atom. The zero-order valence-corrected chi connectivity index (χ0v) is 11.6. The van der Waals surface area contributed by atoms with E-state index in [9.17, 15) is 4.79 Å². The number of hydrogen-bond donors (Lipinski definition) is 2. The Balaban J connectivity index is 1.31. The van der Waals surface area contributed by atoms with E-state index in [1.54, 1.807) is 0 Å². The first-order valence-corrected chi connectivity index (χ1v) is 7.66. The molecule has 2 saturated heterocycles. The quantitative estimate of drug-likeness (QED) is 0.742. The molecule has 2 N–H and O–H groups in total. The van der Waals surface area contributed by atoms with Crippen LogP contribution in [0.1, 0.15) is 32.1 Å². The highest BCUT2D eigenvalue weighted by atomic mass is 16.5. The Labute approximate surface area is 115 Å². The first kappa shape index (κ1) is 13.3. The van der Waals surface area contributed by atoms with Crippen LogP contribution in [0.2, 0.25) is 0 Å². The van der Waals surface area contributed by atoms with E-state index in [1.165, 1.54) is 25.8 Å². The van der Waals surface area contributed by atoms with Crippen molar-refractivity contribution >= 4 is 5.91 Å². The van der Waals surface area contributed by atoms with Gasteiger partial charge in [0.2, 0.25) is 5.91 Å². The first-order valence-electron chi connectivity index (χ1n) is 7.66. The summed E-state index contributed by atoms with van der Waals surface area (Å²) in [5, 5.41) is 6.49. The molecule has 0 aromatic carbocycles. The number of rotatable bonds is 5. The average molecular weight is 267 g/mol. The molecule has 0 aromatic heterocycles. The summed E-state index contributed by atoms with van der Waals surface area (Å²) in [6, 6.07) is 1.67. The van der Waals surface area contributed by atoms with Gasteiger partial charge in [0.1, 0.15) is 0 Å². The summed E-state index contributed by atoms with van der Waals surface area (Å²) in [4.78, 5) is 14.4. The van der Waals surface area contributed by atoms with E-state index < -0.39 is 0 Å². The molecule has 1 unspecified atom stereocenters. The molecular weight excluding hydrogens is 242 g/mol. The summed E-state index contributed by atoms with van der Waals surface area (Å²) >= 11 is 0. The van der Waals surface area contributed by atoms with Gasteiger partial charge in [-0.1, -0.05) is 0 Å². The van der Waals surface area contributed by atoms with Gasteiger partial charge in [-0.2, -0.15) is 0 Å². The monoisotopic (exact) mass is 267 g/mol. The molecule has 108 valence electrons. The highest BCUT2D eigenvalue weighted by molar-refractivity contribution is 5.78. The predicted octanol–water partition coefficient (Wildman–Crippen LogP) is 0.108. The Morgan fingerprint density at radius 2 is 1.89 bits per heavy atom. The number of hydrogen-bond acceptors (Lipinski definition) is 4. The third-order valence-corrected chi connectivity index (χ3v) is 4.42. The Morgan fingerprint density at radius 3 is 2.63 bits per heavy atom. The maximum atomic E-state index is 11.9. The van der Waals surface area contributed by atoms with Gasteiger partial charge in [0.15, 0.2) is 0 Å². The lowest BCUT2D eigenvalue weighted by atomic mass is 10.1. The maximum absolute atomic E-state index is 11.9. The van der Waals surface area contributed by atoms with Gasteiger partial charge in [0.05, 0.1) is 6.54 Å². The molecule has 0 radical (unpaired) electrons. The van der Waals surface area contributed by atoms with E-state index in [0.717, 1.165) is 38.6 Å². The summed E-state index contributed by atoms with van der Waals surface area (Å²) in [7, 11) is 0. The molecule has 19 heavy (non-hydrogen) atoms. The van der Waals surface area contributed by atoms with Crippen molar-refractivity contribution in [3.8, 4) is 0 Å². The second-order valence-electron chi connectivity index (χ2n) is 6.05. The van der Waals surface area contributed by atoms with Crippen LogP contribution in [0.15, 0.2) is 0 Å². The van der Waals surface area contributed by atoms with Gasteiger partial charge in [-0.3, -0.25) is 9.69 Å². The van der Waals surface area contributed by atoms with Crippen molar-refractivity contribution < 1.29 is 9.53 Å². The fourth-order valence-corrected chi connectivity index (χ4v) is 3.08. The number of nitrogens with zero attached hydrogens (tertiary/aromatic N) is 1. The van der Waals surface area contributed by atoms with Gasteiger partial charge in [-0.25, -0.2) is 0 Å². The number of likely N-dealkylation sites (tertiary alicyclic amines) is 1. The van der Waals surface area contributed by atoms with Crippen molar-refractivity contribution in [2.45, 2.75) is 50.2 Å². The zero-order valence-electron chi connectivity index (χ0n) is 11.6. The molecule has 3 aliphatic rings. The van der Waals surface area contributed by atoms with Crippen molar-refractivity contribution in [3.63, 3.8) is 0 Å². The molecule has 2 heterocycles. The van der Waals surface area contributed by atoms with Crippen LogP contribution in [-0.2, 0) is 9.53 Å². The van der Waals surface area contributed by atoms with Crippen molar-refractivity contribution in [2.75, 3.05) is 32.8 Å². The van der Waals surface area contributed by atoms with Crippen LogP contribution < -0.4 is 10.6 Å². The number of nitrogens with one attached hydrogen (secondary N) is 2. The standard InChI is InChI=1S/C14H25N3O2/c18-14(16-11-4-7-19-8-5-11)9-15-12-3-6-17(10-12)13-1-2-13/h11-13,15H,1-10H2,(H,16,18). The molecule has 1 saturated carbocycles. The molecule has 0 spiro atoms. The lowest BCUT2D eigenvalue weighted by Gasteiger charge is -2.23. The SMILES string of the molecule is O=C(CNC1CCN(C2CC2)C1)NC1CCOCC1. The largest absolute Gasteiger partial charge is 0.381 e. The number of carbonyl (C=O) groups is 1. The van der Waals surface area contributed by atoms with Crippen LogP contribution in [0.4, 0.5) is 0 Å². The molecule has 5 heteroatoms. The number of ether oxygens (including phenoxy) is 1. The minimum Gasteiger partial charge on any atom is -0.381 e. The fraction of sp³-hybridized carbons (Fsp3) is 0.929. The molecule has 0 aromatic rings. The van der Waals surface area contributed by atoms with Crippen LogP contribution in [0.25, 0.3) is 0 Å². The molecule has 3 fully saturated rings. The van der Waals surface area contributed by atoms with Crippen molar-refractivity contribution in [3.05, 3.63) is 0 Å². The third kappa shape index (κ3) is 3.91. The normalized spacial score (nSPS) is 29.6. The maximum Gasteiger partial charge on any atom is 0.234 e. The smallest absolute Gasteiger partial charge is 0.234 e. The summed E-state index contributed by atoms with van der Waals surface area (Å²) in [5.74, 6) is 0.136. The van der Waals surface area contributed by atoms with Crippen molar-refractivity contribution in [1.29, 1.82) is 0 Å². The molecule has 5 nitrogen and oxygen atoms in total. The van der Waals surface area contributed by atoms with E-state index in [2.05, 4.69) is 15.5 Å². The summed E-state index contributed by atoms with van der Waals surface area (Å²) in [6.45, 7) is 4.33. The van der Waals surface area contributed by atoms with Gasteiger partial charge < -0.3 is 15.4 Å². The van der Waals surface area contributed by atoms with Gasteiger partial charge >= 0.3 is 0 Å². The topological polar surface area (TPSA) is 53.6 Å². The van der Waals surface area contributed by atoms with Crippen LogP contribution in [-0.4, -0.2) is 61.8 Å². The Bertz CT molecular complexity index is 314. The van der Waals surface area contributed by atoms with E-state index in [0.29, 0.717) is 18.6 Å². The first-order chi connectivity index (χ1) is 9.31. The second kappa shape index (κ2) is 6.20. The Hall–Kier alpha value is -0.650. The van der Waals surface area contributed by atoms with Crippen LogP contribution in [0.3, 0.4) is 0 Å². The summed E-state index contributed by atoms with van der Waals surface area (Å²) in [5.41, 5.74) is 0. The molecule has 2 aliphatic heterocycles. The molecule has 1 amide bonds. The minimum absolute atomic E-state index is 0.136. The lowest BCUT2D eigenvalue weighted by molar-refractivity contribution is -0.121.